The van der Waals surface area contributed by atoms with E-state index in [0.29, 0.717) is 6.04 Å². The SMILES string of the molecule is c1ccc2c(c1)NC[C@@H]1CNCCN21. The van der Waals surface area contributed by atoms with Gasteiger partial charge in [-0.05, 0) is 12.1 Å². The van der Waals surface area contributed by atoms with Gasteiger partial charge in [0.1, 0.15) is 0 Å². The van der Waals surface area contributed by atoms with Gasteiger partial charge in [-0.15, -0.1) is 0 Å². The summed E-state index contributed by atoms with van der Waals surface area (Å²) in [5.41, 5.74) is 2.65. The molecule has 2 aliphatic heterocycles. The van der Waals surface area contributed by atoms with Crippen LogP contribution in [0.4, 0.5) is 11.4 Å². The van der Waals surface area contributed by atoms with E-state index in [9.17, 15) is 0 Å². The maximum Gasteiger partial charge on any atom is 0.0606 e. The first-order chi connectivity index (χ1) is 6.95. The van der Waals surface area contributed by atoms with E-state index < -0.39 is 0 Å². The number of benzene rings is 1. The van der Waals surface area contributed by atoms with Gasteiger partial charge in [0.05, 0.1) is 17.4 Å². The summed E-state index contributed by atoms with van der Waals surface area (Å²) in [6.07, 6.45) is 0. The van der Waals surface area contributed by atoms with E-state index in [1.165, 1.54) is 11.4 Å². The summed E-state index contributed by atoms with van der Waals surface area (Å²) in [7, 11) is 0. The molecular weight excluding hydrogens is 174 g/mol. The topological polar surface area (TPSA) is 27.3 Å². The van der Waals surface area contributed by atoms with Crippen LogP contribution >= 0.6 is 0 Å². The van der Waals surface area contributed by atoms with E-state index in [4.69, 9.17) is 0 Å². The molecule has 0 aliphatic carbocycles. The molecule has 74 valence electrons. The van der Waals surface area contributed by atoms with Crippen molar-refractivity contribution in [2.24, 2.45) is 0 Å². The molecule has 0 spiro atoms. The van der Waals surface area contributed by atoms with Crippen LogP contribution in [0.5, 0.6) is 0 Å². The fourth-order valence-electron chi connectivity index (χ4n) is 2.36. The van der Waals surface area contributed by atoms with Gasteiger partial charge >= 0.3 is 0 Å². The summed E-state index contributed by atoms with van der Waals surface area (Å²) in [6, 6.07) is 9.20. The van der Waals surface area contributed by atoms with Crippen molar-refractivity contribution in [3.8, 4) is 0 Å². The number of piperazine rings is 1. The highest BCUT2D eigenvalue weighted by Gasteiger charge is 2.27. The Labute approximate surface area is 84.1 Å². The molecule has 2 aliphatic rings. The van der Waals surface area contributed by atoms with E-state index in [1.54, 1.807) is 0 Å². The van der Waals surface area contributed by atoms with E-state index in [-0.39, 0.29) is 0 Å². The second-order valence-corrected chi connectivity index (χ2v) is 3.95. The molecule has 3 nitrogen and oxygen atoms in total. The van der Waals surface area contributed by atoms with Crippen LogP contribution < -0.4 is 15.5 Å². The van der Waals surface area contributed by atoms with Crippen molar-refractivity contribution in [2.75, 3.05) is 36.4 Å². The Bertz CT molecular complexity index is 337. The molecular formula is C11H15N3. The van der Waals surface area contributed by atoms with Gasteiger partial charge in [-0.3, -0.25) is 0 Å². The standard InChI is InChI=1S/C11H15N3/c1-2-4-11-10(3-1)13-8-9-7-12-5-6-14(9)11/h1-4,9,12-13H,5-8H2/t9-/m0/s1. The molecule has 3 heteroatoms. The lowest BCUT2D eigenvalue weighted by atomic mass is 10.1. The average molecular weight is 189 g/mol. The lowest BCUT2D eigenvalue weighted by molar-refractivity contribution is 0.482. The third-order valence-corrected chi connectivity index (χ3v) is 3.09. The molecule has 3 rings (SSSR count). The van der Waals surface area contributed by atoms with Crippen molar-refractivity contribution < 1.29 is 0 Å². The van der Waals surface area contributed by atoms with Crippen molar-refractivity contribution in [3.05, 3.63) is 24.3 Å². The third kappa shape index (κ3) is 1.16. The van der Waals surface area contributed by atoms with Crippen molar-refractivity contribution in [1.82, 2.24) is 5.32 Å². The zero-order valence-corrected chi connectivity index (χ0v) is 8.16. The van der Waals surface area contributed by atoms with Crippen molar-refractivity contribution in [1.29, 1.82) is 0 Å². The second kappa shape index (κ2) is 3.17. The molecule has 2 heterocycles. The second-order valence-electron chi connectivity index (χ2n) is 3.95. The molecule has 1 saturated heterocycles. The predicted octanol–water partition coefficient (Wildman–Crippen LogP) is 0.890. The van der Waals surface area contributed by atoms with Gasteiger partial charge in [0.25, 0.3) is 0 Å². The minimum Gasteiger partial charge on any atom is -0.381 e. The van der Waals surface area contributed by atoms with E-state index >= 15 is 0 Å². The molecule has 14 heavy (non-hydrogen) atoms. The predicted molar refractivity (Wildman–Crippen MR) is 58.9 cm³/mol. The lowest BCUT2D eigenvalue weighted by Crippen LogP contribution is -2.56. The molecule has 1 aromatic carbocycles. The van der Waals surface area contributed by atoms with Crippen molar-refractivity contribution >= 4 is 11.4 Å². The zero-order valence-electron chi connectivity index (χ0n) is 8.16. The van der Waals surface area contributed by atoms with Crippen LogP contribution in [0.15, 0.2) is 24.3 Å². The number of hydrogen-bond donors (Lipinski definition) is 2. The summed E-state index contributed by atoms with van der Waals surface area (Å²) in [4.78, 5) is 2.52. The highest BCUT2D eigenvalue weighted by molar-refractivity contribution is 5.72. The van der Waals surface area contributed by atoms with Gasteiger partial charge in [-0.25, -0.2) is 0 Å². The number of nitrogens with one attached hydrogen (secondary N) is 2. The highest BCUT2D eigenvalue weighted by Crippen LogP contribution is 2.31. The molecule has 0 unspecified atom stereocenters. The van der Waals surface area contributed by atoms with Crippen LogP contribution in [0.2, 0.25) is 0 Å². The molecule has 1 fully saturated rings. The van der Waals surface area contributed by atoms with E-state index in [0.717, 1.165) is 26.2 Å². The lowest BCUT2D eigenvalue weighted by Gasteiger charge is -2.42. The smallest absolute Gasteiger partial charge is 0.0606 e. The largest absolute Gasteiger partial charge is 0.381 e. The molecule has 1 atom stereocenters. The maximum atomic E-state index is 3.48. The van der Waals surface area contributed by atoms with Crippen LogP contribution in [0, 0.1) is 0 Å². The van der Waals surface area contributed by atoms with Gasteiger partial charge < -0.3 is 15.5 Å². The minimum absolute atomic E-state index is 0.624. The van der Waals surface area contributed by atoms with Crippen molar-refractivity contribution in [3.63, 3.8) is 0 Å². The van der Waals surface area contributed by atoms with Gasteiger partial charge in [-0.1, -0.05) is 12.1 Å². The molecule has 2 N–H and O–H groups in total. The summed E-state index contributed by atoms with van der Waals surface area (Å²) >= 11 is 0. The Morgan fingerprint density at radius 2 is 2.14 bits per heavy atom. The molecule has 0 radical (unpaired) electrons. The number of nitrogens with zero attached hydrogens (tertiary/aromatic N) is 1. The molecule has 0 saturated carbocycles. The van der Waals surface area contributed by atoms with E-state index in [2.05, 4.69) is 39.8 Å². The highest BCUT2D eigenvalue weighted by atomic mass is 15.3. The van der Waals surface area contributed by atoms with Crippen molar-refractivity contribution in [2.45, 2.75) is 6.04 Å². The number of rotatable bonds is 0. The summed E-state index contributed by atoms with van der Waals surface area (Å²) in [5.74, 6) is 0. The van der Waals surface area contributed by atoms with Crippen LogP contribution in [-0.2, 0) is 0 Å². The molecule has 0 amide bonds. The summed E-state index contributed by atoms with van der Waals surface area (Å²) < 4.78 is 0. The molecule has 0 bridgehead atoms. The fraction of sp³-hybridized carbons (Fsp3) is 0.455. The number of anilines is 2. The number of para-hydroxylation sites is 2. The maximum absolute atomic E-state index is 3.48. The zero-order chi connectivity index (χ0) is 9.38. The Morgan fingerprint density at radius 3 is 3.14 bits per heavy atom. The minimum atomic E-state index is 0.624. The van der Waals surface area contributed by atoms with Gasteiger partial charge in [0, 0.05) is 26.2 Å². The Morgan fingerprint density at radius 1 is 1.21 bits per heavy atom. The van der Waals surface area contributed by atoms with Gasteiger partial charge in [0.2, 0.25) is 0 Å². The molecule has 0 aromatic heterocycles. The first kappa shape index (κ1) is 8.12. The number of hydrogen-bond acceptors (Lipinski definition) is 3. The first-order valence-corrected chi connectivity index (χ1v) is 5.25. The molecule has 1 aromatic rings. The Kier molecular flexibility index (Phi) is 1.84. The Balaban J connectivity index is 1.99. The quantitative estimate of drug-likeness (QED) is 0.634. The average Bonchev–Trinajstić information content (AvgIpc) is 2.29. The number of fused-ring (bicyclic) bond motifs is 3. The Hall–Kier alpha value is -1.22. The van der Waals surface area contributed by atoms with Crippen LogP contribution in [0.25, 0.3) is 0 Å². The van der Waals surface area contributed by atoms with Crippen LogP contribution in [0.3, 0.4) is 0 Å². The van der Waals surface area contributed by atoms with Gasteiger partial charge in [-0.2, -0.15) is 0 Å². The van der Waals surface area contributed by atoms with Gasteiger partial charge in [0.15, 0.2) is 0 Å². The summed E-state index contributed by atoms with van der Waals surface area (Å²) in [6.45, 7) is 4.39. The normalized spacial score (nSPS) is 24.9. The summed E-state index contributed by atoms with van der Waals surface area (Å²) in [5, 5.41) is 6.91. The van der Waals surface area contributed by atoms with E-state index in [1.807, 2.05) is 0 Å². The fourth-order valence-corrected chi connectivity index (χ4v) is 2.36. The monoisotopic (exact) mass is 189 g/mol. The third-order valence-electron chi connectivity index (χ3n) is 3.09. The van der Waals surface area contributed by atoms with Crippen LogP contribution in [-0.4, -0.2) is 32.2 Å². The van der Waals surface area contributed by atoms with Crippen LogP contribution in [0.1, 0.15) is 0 Å². The first-order valence-electron chi connectivity index (χ1n) is 5.25.